The third kappa shape index (κ3) is 4.56. The van der Waals surface area contributed by atoms with Gasteiger partial charge in [0.1, 0.15) is 0 Å². The van der Waals surface area contributed by atoms with Crippen molar-refractivity contribution in [2.24, 2.45) is 5.92 Å². The number of hydrogen-bond acceptors (Lipinski definition) is 6. The van der Waals surface area contributed by atoms with E-state index in [0.717, 1.165) is 31.7 Å². The number of likely N-dealkylation sites (N-methyl/N-ethyl adjacent to an activating group) is 1. The Kier molecular flexibility index (Phi) is 5.94. The van der Waals surface area contributed by atoms with Crippen molar-refractivity contribution in [3.63, 3.8) is 0 Å². The molecule has 1 aromatic heterocycles. The van der Waals surface area contributed by atoms with Crippen LogP contribution in [0.4, 0.5) is 5.82 Å². The zero-order valence-electron chi connectivity index (χ0n) is 13.6. The van der Waals surface area contributed by atoms with Gasteiger partial charge in [-0.05, 0) is 33.0 Å². The maximum atomic E-state index is 12.2. The first kappa shape index (κ1) is 16.5. The van der Waals surface area contributed by atoms with Crippen LogP contribution in [0.2, 0.25) is 0 Å². The molecule has 0 aliphatic carbocycles. The van der Waals surface area contributed by atoms with Crippen molar-refractivity contribution in [1.82, 2.24) is 20.4 Å². The molecule has 2 heterocycles. The minimum absolute atomic E-state index is 0.0137. The highest BCUT2D eigenvalue weighted by molar-refractivity contribution is 5.79. The van der Waals surface area contributed by atoms with Crippen molar-refractivity contribution >= 4 is 11.7 Å². The number of aromatic nitrogens is 2. The highest BCUT2D eigenvalue weighted by atomic mass is 16.5. The summed E-state index contributed by atoms with van der Waals surface area (Å²) in [5, 5.41) is 11.2. The number of carbonyl (C=O) groups excluding carboxylic acids is 1. The van der Waals surface area contributed by atoms with Gasteiger partial charge < -0.3 is 19.9 Å². The second-order valence-corrected chi connectivity index (χ2v) is 5.81. The van der Waals surface area contributed by atoms with E-state index < -0.39 is 0 Å². The van der Waals surface area contributed by atoms with Crippen LogP contribution in [0.25, 0.3) is 0 Å². The molecule has 1 aliphatic rings. The van der Waals surface area contributed by atoms with Crippen molar-refractivity contribution in [3.05, 3.63) is 12.1 Å². The number of methoxy groups -OCH3 is 1. The van der Waals surface area contributed by atoms with Gasteiger partial charge in [-0.15, -0.1) is 10.2 Å². The number of amides is 1. The van der Waals surface area contributed by atoms with E-state index in [1.807, 2.05) is 20.2 Å². The molecule has 7 nitrogen and oxygen atoms in total. The standard InChI is InChI=1S/C15H25N5O2/c1-19(2)10-8-16-15(21)12-5-4-9-20(11-12)13-6-7-14(22-3)18-17-13/h6-7,12H,4-5,8-11H2,1-3H3,(H,16,21)/t12-/m1/s1. The fourth-order valence-electron chi connectivity index (χ4n) is 2.54. The quantitative estimate of drug-likeness (QED) is 0.819. The van der Waals surface area contributed by atoms with Crippen LogP contribution >= 0.6 is 0 Å². The SMILES string of the molecule is COc1ccc(N2CCC[C@@H](C(=O)NCCN(C)C)C2)nn1. The molecule has 0 unspecified atom stereocenters. The molecular formula is C15H25N5O2. The Balaban J connectivity index is 1.89. The van der Waals surface area contributed by atoms with E-state index >= 15 is 0 Å². The second kappa shape index (κ2) is 7.93. The van der Waals surface area contributed by atoms with Gasteiger partial charge in [0.25, 0.3) is 0 Å². The second-order valence-electron chi connectivity index (χ2n) is 5.81. The number of nitrogens with one attached hydrogen (secondary N) is 1. The van der Waals surface area contributed by atoms with Gasteiger partial charge in [-0.2, -0.15) is 0 Å². The monoisotopic (exact) mass is 307 g/mol. The van der Waals surface area contributed by atoms with E-state index in [9.17, 15) is 4.79 Å². The number of hydrogen-bond donors (Lipinski definition) is 1. The third-order valence-corrected chi connectivity index (χ3v) is 3.81. The van der Waals surface area contributed by atoms with Crippen LogP contribution in [-0.4, -0.2) is 68.4 Å². The largest absolute Gasteiger partial charge is 0.480 e. The van der Waals surface area contributed by atoms with Crippen molar-refractivity contribution < 1.29 is 9.53 Å². The summed E-state index contributed by atoms with van der Waals surface area (Å²) in [5.41, 5.74) is 0. The Morgan fingerprint density at radius 1 is 1.45 bits per heavy atom. The van der Waals surface area contributed by atoms with Crippen LogP contribution in [0.3, 0.4) is 0 Å². The summed E-state index contributed by atoms with van der Waals surface area (Å²) in [4.78, 5) is 16.4. The number of carbonyl (C=O) groups is 1. The normalized spacial score (nSPS) is 18.4. The fraction of sp³-hybridized carbons (Fsp3) is 0.667. The van der Waals surface area contributed by atoms with Gasteiger partial charge in [0, 0.05) is 32.2 Å². The molecule has 0 saturated carbocycles. The molecule has 1 amide bonds. The highest BCUT2D eigenvalue weighted by Crippen LogP contribution is 2.22. The molecule has 0 radical (unpaired) electrons. The van der Waals surface area contributed by atoms with E-state index in [2.05, 4.69) is 25.3 Å². The number of nitrogens with zero attached hydrogens (tertiary/aromatic N) is 4. The molecule has 1 aliphatic heterocycles. The number of piperidine rings is 1. The zero-order valence-corrected chi connectivity index (χ0v) is 13.6. The molecule has 1 aromatic rings. The molecule has 1 N–H and O–H groups in total. The van der Waals surface area contributed by atoms with E-state index in [0.29, 0.717) is 19.0 Å². The summed E-state index contributed by atoms with van der Waals surface area (Å²) < 4.78 is 5.02. The van der Waals surface area contributed by atoms with Crippen molar-refractivity contribution in [2.45, 2.75) is 12.8 Å². The molecular weight excluding hydrogens is 282 g/mol. The van der Waals surface area contributed by atoms with Gasteiger partial charge in [-0.3, -0.25) is 4.79 Å². The van der Waals surface area contributed by atoms with E-state index in [1.54, 1.807) is 13.2 Å². The average molecular weight is 307 g/mol. The number of anilines is 1. The Hall–Kier alpha value is -1.89. The third-order valence-electron chi connectivity index (χ3n) is 3.81. The Bertz CT molecular complexity index is 477. The van der Waals surface area contributed by atoms with Crippen LogP contribution in [0.5, 0.6) is 5.88 Å². The van der Waals surface area contributed by atoms with Crippen molar-refractivity contribution in [1.29, 1.82) is 0 Å². The maximum Gasteiger partial charge on any atom is 0.233 e. The summed E-state index contributed by atoms with van der Waals surface area (Å²) in [6.07, 6.45) is 1.91. The lowest BCUT2D eigenvalue weighted by Crippen LogP contribution is -2.44. The molecule has 7 heteroatoms. The van der Waals surface area contributed by atoms with Gasteiger partial charge in [0.15, 0.2) is 5.82 Å². The van der Waals surface area contributed by atoms with Crippen molar-refractivity contribution in [2.75, 3.05) is 52.3 Å². The zero-order chi connectivity index (χ0) is 15.9. The lowest BCUT2D eigenvalue weighted by Gasteiger charge is -2.32. The van der Waals surface area contributed by atoms with Crippen LogP contribution in [0, 0.1) is 5.92 Å². The Labute approximate surface area is 131 Å². The molecule has 1 saturated heterocycles. The molecule has 1 atom stereocenters. The van der Waals surface area contributed by atoms with Crippen molar-refractivity contribution in [3.8, 4) is 5.88 Å². The average Bonchev–Trinajstić information content (AvgIpc) is 2.54. The lowest BCUT2D eigenvalue weighted by atomic mass is 9.97. The molecule has 2 rings (SSSR count). The maximum absolute atomic E-state index is 12.2. The van der Waals surface area contributed by atoms with Gasteiger partial charge in [-0.1, -0.05) is 0 Å². The summed E-state index contributed by atoms with van der Waals surface area (Å²) in [6.45, 7) is 3.13. The topological polar surface area (TPSA) is 70.6 Å². The number of ether oxygens (including phenoxy) is 1. The molecule has 0 bridgehead atoms. The number of rotatable bonds is 6. The van der Waals surface area contributed by atoms with Gasteiger partial charge >= 0.3 is 0 Å². The first-order valence-corrected chi connectivity index (χ1v) is 7.65. The minimum Gasteiger partial charge on any atom is -0.480 e. The smallest absolute Gasteiger partial charge is 0.233 e. The van der Waals surface area contributed by atoms with Gasteiger partial charge in [0.2, 0.25) is 11.8 Å². The van der Waals surface area contributed by atoms with Crippen LogP contribution in [0.15, 0.2) is 12.1 Å². The van der Waals surface area contributed by atoms with E-state index in [-0.39, 0.29) is 11.8 Å². The first-order valence-electron chi connectivity index (χ1n) is 7.65. The fourth-order valence-corrected chi connectivity index (χ4v) is 2.54. The van der Waals surface area contributed by atoms with Gasteiger partial charge in [0.05, 0.1) is 13.0 Å². The molecule has 0 spiro atoms. The molecule has 122 valence electrons. The van der Waals surface area contributed by atoms with Crippen LogP contribution in [0.1, 0.15) is 12.8 Å². The summed E-state index contributed by atoms with van der Waals surface area (Å²) in [5.74, 6) is 1.44. The minimum atomic E-state index is 0.0137. The van der Waals surface area contributed by atoms with E-state index in [4.69, 9.17) is 4.74 Å². The molecule has 22 heavy (non-hydrogen) atoms. The summed E-state index contributed by atoms with van der Waals surface area (Å²) >= 11 is 0. The van der Waals surface area contributed by atoms with Gasteiger partial charge in [-0.25, -0.2) is 0 Å². The highest BCUT2D eigenvalue weighted by Gasteiger charge is 2.26. The Morgan fingerprint density at radius 3 is 2.91 bits per heavy atom. The molecule has 0 aromatic carbocycles. The van der Waals surface area contributed by atoms with E-state index in [1.165, 1.54) is 0 Å². The predicted octanol–water partition coefficient (Wildman–Crippen LogP) is 0.379. The Morgan fingerprint density at radius 2 is 2.27 bits per heavy atom. The lowest BCUT2D eigenvalue weighted by molar-refractivity contribution is -0.125. The van der Waals surface area contributed by atoms with Crippen LogP contribution < -0.4 is 15.0 Å². The summed E-state index contributed by atoms with van der Waals surface area (Å²) in [6, 6.07) is 3.68. The summed E-state index contributed by atoms with van der Waals surface area (Å²) in [7, 11) is 5.56. The first-order chi connectivity index (χ1) is 10.6. The predicted molar refractivity (Wildman–Crippen MR) is 85.1 cm³/mol. The van der Waals surface area contributed by atoms with Crippen LogP contribution in [-0.2, 0) is 4.79 Å². The molecule has 1 fully saturated rings.